The Morgan fingerprint density at radius 1 is 0.842 bits per heavy atom. The largest absolute Gasteiger partial charge is 0.392 e. The fourth-order valence-electron chi connectivity index (χ4n) is 5.96. The van der Waals surface area contributed by atoms with Crippen LogP contribution in [0.4, 0.5) is 11.4 Å². The van der Waals surface area contributed by atoms with Crippen molar-refractivity contribution in [3.05, 3.63) is 91.4 Å². The SMILES string of the molecule is O=C1C2C(Cc3ccc(CO)cc3)NC3(C(=O)Nc4c(Cl)cc(Cl)cc43)C2C(=O)N1c1cc(Cl)cc(Cl)c1. The third-order valence-corrected chi connectivity index (χ3v) is 8.46. The summed E-state index contributed by atoms with van der Waals surface area (Å²) in [6.45, 7) is -0.0988. The molecule has 6 rings (SSSR count). The number of benzene rings is 3. The molecular formula is C27H19Cl4N3O4. The van der Waals surface area contributed by atoms with Crippen LogP contribution in [-0.2, 0) is 33.0 Å². The second kappa shape index (κ2) is 9.23. The summed E-state index contributed by atoms with van der Waals surface area (Å²) in [6.07, 6.45) is 0.342. The fourth-order valence-corrected chi connectivity index (χ4v) is 7.01. The number of fused-ring (bicyclic) bond motifs is 4. The molecule has 194 valence electrons. The highest BCUT2D eigenvalue weighted by atomic mass is 35.5. The van der Waals surface area contributed by atoms with Crippen LogP contribution < -0.4 is 15.5 Å². The predicted molar refractivity (Wildman–Crippen MR) is 146 cm³/mol. The number of carbonyl (C=O) groups is 3. The van der Waals surface area contributed by atoms with Gasteiger partial charge in [0.2, 0.25) is 17.7 Å². The third kappa shape index (κ3) is 3.76. The highest BCUT2D eigenvalue weighted by molar-refractivity contribution is 6.38. The number of anilines is 2. The molecule has 3 aromatic carbocycles. The predicted octanol–water partition coefficient (Wildman–Crippen LogP) is 4.96. The zero-order valence-corrected chi connectivity index (χ0v) is 22.5. The molecule has 7 nitrogen and oxygen atoms in total. The van der Waals surface area contributed by atoms with Crippen LogP contribution in [0.25, 0.3) is 0 Å². The van der Waals surface area contributed by atoms with Crippen molar-refractivity contribution in [3.8, 4) is 0 Å². The first-order chi connectivity index (χ1) is 18.1. The zero-order chi connectivity index (χ0) is 26.9. The molecule has 2 saturated heterocycles. The van der Waals surface area contributed by atoms with Crippen molar-refractivity contribution in [2.75, 3.05) is 10.2 Å². The number of nitrogens with one attached hydrogen (secondary N) is 2. The molecule has 4 atom stereocenters. The first-order valence-electron chi connectivity index (χ1n) is 11.8. The van der Waals surface area contributed by atoms with E-state index in [9.17, 15) is 19.5 Å². The minimum Gasteiger partial charge on any atom is -0.392 e. The summed E-state index contributed by atoms with van der Waals surface area (Å²) in [4.78, 5) is 42.9. The molecule has 0 saturated carbocycles. The number of hydrogen-bond donors (Lipinski definition) is 3. The number of aliphatic hydroxyl groups is 1. The summed E-state index contributed by atoms with van der Waals surface area (Å²) in [5.41, 5.74) is 1.03. The van der Waals surface area contributed by atoms with E-state index in [0.29, 0.717) is 22.7 Å². The van der Waals surface area contributed by atoms with Crippen LogP contribution in [0, 0.1) is 11.8 Å². The van der Waals surface area contributed by atoms with Gasteiger partial charge < -0.3 is 10.4 Å². The van der Waals surface area contributed by atoms with Crippen molar-refractivity contribution in [3.63, 3.8) is 0 Å². The Kier molecular flexibility index (Phi) is 6.22. The average Bonchev–Trinajstić information content (AvgIpc) is 3.44. The molecule has 0 aromatic heterocycles. The molecule has 3 amide bonds. The Bertz CT molecular complexity index is 1510. The van der Waals surface area contributed by atoms with E-state index >= 15 is 0 Å². The van der Waals surface area contributed by atoms with Gasteiger partial charge in [-0.3, -0.25) is 19.7 Å². The van der Waals surface area contributed by atoms with Gasteiger partial charge in [0.05, 0.1) is 34.8 Å². The Morgan fingerprint density at radius 2 is 1.47 bits per heavy atom. The van der Waals surface area contributed by atoms with E-state index in [2.05, 4.69) is 10.6 Å². The van der Waals surface area contributed by atoms with Crippen LogP contribution in [0.5, 0.6) is 0 Å². The molecule has 3 aliphatic rings. The van der Waals surface area contributed by atoms with Gasteiger partial charge in [-0.1, -0.05) is 70.7 Å². The standard InChI is InChI=1S/C27H19Cl4N3O4/c28-14-6-15(29)8-17(7-14)34-24(36)21-20(5-12-1-3-13(11-35)4-2-12)33-27(22(21)25(34)37)18-9-16(30)10-19(31)23(18)32-26(27)38/h1-4,6-10,20-22,33,35H,5,11H2,(H,32,38). The summed E-state index contributed by atoms with van der Waals surface area (Å²) < 4.78 is 0. The first kappa shape index (κ1) is 25.6. The van der Waals surface area contributed by atoms with Crippen molar-refractivity contribution in [2.45, 2.75) is 24.6 Å². The molecule has 1 spiro atoms. The maximum Gasteiger partial charge on any atom is 0.250 e. The molecule has 0 aliphatic carbocycles. The summed E-state index contributed by atoms with van der Waals surface area (Å²) in [6, 6.07) is 14.3. The van der Waals surface area contributed by atoms with E-state index in [-0.39, 0.29) is 27.4 Å². The van der Waals surface area contributed by atoms with Gasteiger partial charge in [-0.25, -0.2) is 4.90 Å². The Labute approximate surface area is 237 Å². The number of amides is 3. The van der Waals surface area contributed by atoms with Crippen LogP contribution in [-0.4, -0.2) is 28.9 Å². The molecule has 38 heavy (non-hydrogen) atoms. The van der Waals surface area contributed by atoms with Gasteiger partial charge >= 0.3 is 0 Å². The lowest BCUT2D eigenvalue weighted by molar-refractivity contribution is -0.130. The zero-order valence-electron chi connectivity index (χ0n) is 19.5. The highest BCUT2D eigenvalue weighted by Gasteiger charge is 2.70. The maximum atomic E-state index is 14.1. The average molecular weight is 591 g/mol. The molecule has 3 aliphatic heterocycles. The Balaban J connectivity index is 1.50. The molecule has 3 aromatic rings. The number of carbonyl (C=O) groups excluding carboxylic acids is 3. The van der Waals surface area contributed by atoms with Gasteiger partial charge in [0.15, 0.2) is 0 Å². The highest BCUT2D eigenvalue weighted by Crippen LogP contribution is 2.55. The van der Waals surface area contributed by atoms with E-state index < -0.39 is 41.1 Å². The molecule has 3 N–H and O–H groups in total. The van der Waals surface area contributed by atoms with Crippen LogP contribution in [0.2, 0.25) is 20.1 Å². The topological polar surface area (TPSA) is 98.7 Å². The van der Waals surface area contributed by atoms with Gasteiger partial charge in [0.25, 0.3) is 0 Å². The summed E-state index contributed by atoms with van der Waals surface area (Å²) in [5, 5.41) is 16.6. The van der Waals surface area contributed by atoms with Gasteiger partial charge in [-0.2, -0.15) is 0 Å². The van der Waals surface area contributed by atoms with Crippen molar-refractivity contribution in [1.82, 2.24) is 5.32 Å². The van der Waals surface area contributed by atoms with Crippen LogP contribution in [0.3, 0.4) is 0 Å². The molecule has 0 bridgehead atoms. The third-order valence-electron chi connectivity index (χ3n) is 7.51. The first-order valence-corrected chi connectivity index (χ1v) is 13.3. The lowest BCUT2D eigenvalue weighted by Crippen LogP contribution is -2.53. The number of aliphatic hydroxyl groups excluding tert-OH is 1. The van der Waals surface area contributed by atoms with Gasteiger partial charge in [0.1, 0.15) is 5.54 Å². The Hall–Kier alpha value is -2.65. The number of nitrogens with zero attached hydrogens (tertiary/aromatic N) is 1. The monoisotopic (exact) mass is 589 g/mol. The maximum absolute atomic E-state index is 14.1. The summed E-state index contributed by atoms with van der Waals surface area (Å²) >= 11 is 25.1. The van der Waals surface area contributed by atoms with Crippen LogP contribution in [0.15, 0.2) is 54.6 Å². The van der Waals surface area contributed by atoms with E-state index in [1.165, 1.54) is 24.3 Å². The second-order valence-corrected chi connectivity index (χ2v) is 11.4. The van der Waals surface area contributed by atoms with Crippen molar-refractivity contribution >= 4 is 75.5 Å². The molecule has 3 heterocycles. The van der Waals surface area contributed by atoms with E-state index in [1.54, 1.807) is 18.2 Å². The van der Waals surface area contributed by atoms with Crippen molar-refractivity contribution < 1.29 is 19.5 Å². The lowest BCUT2D eigenvalue weighted by Gasteiger charge is -2.29. The fraction of sp³-hybridized carbons (Fsp3) is 0.222. The second-order valence-electron chi connectivity index (χ2n) is 9.64. The Morgan fingerprint density at radius 3 is 2.13 bits per heavy atom. The van der Waals surface area contributed by atoms with E-state index in [1.807, 2.05) is 12.1 Å². The number of imide groups is 1. The minimum atomic E-state index is -1.58. The number of halogens is 4. The van der Waals surface area contributed by atoms with Gasteiger partial charge in [0, 0.05) is 26.7 Å². The quantitative estimate of drug-likeness (QED) is 0.373. The van der Waals surface area contributed by atoms with Crippen molar-refractivity contribution in [1.29, 1.82) is 0 Å². The van der Waals surface area contributed by atoms with Gasteiger partial charge in [-0.05, 0) is 47.9 Å². The lowest BCUT2D eigenvalue weighted by atomic mass is 9.76. The molecule has 2 fully saturated rings. The van der Waals surface area contributed by atoms with Crippen LogP contribution >= 0.6 is 46.4 Å². The number of hydrogen-bond acceptors (Lipinski definition) is 5. The smallest absolute Gasteiger partial charge is 0.250 e. The van der Waals surface area contributed by atoms with E-state index in [0.717, 1.165) is 16.0 Å². The van der Waals surface area contributed by atoms with E-state index in [4.69, 9.17) is 46.4 Å². The number of rotatable bonds is 4. The summed E-state index contributed by atoms with van der Waals surface area (Å²) in [5.74, 6) is -3.47. The van der Waals surface area contributed by atoms with Crippen molar-refractivity contribution in [2.24, 2.45) is 11.8 Å². The van der Waals surface area contributed by atoms with Crippen LogP contribution in [0.1, 0.15) is 16.7 Å². The molecular weight excluding hydrogens is 572 g/mol. The summed E-state index contributed by atoms with van der Waals surface area (Å²) in [7, 11) is 0. The normalized spacial score (nSPS) is 25.8. The minimum absolute atomic E-state index is 0.0988. The molecule has 0 radical (unpaired) electrons. The van der Waals surface area contributed by atoms with Gasteiger partial charge in [-0.15, -0.1) is 0 Å². The molecule has 11 heteroatoms. The molecule has 4 unspecified atom stereocenters.